The van der Waals surface area contributed by atoms with Gasteiger partial charge in [0, 0.05) is 87.6 Å². The van der Waals surface area contributed by atoms with Gasteiger partial charge in [-0.2, -0.15) is 0 Å². The van der Waals surface area contributed by atoms with E-state index in [2.05, 4.69) is 66.0 Å². The highest BCUT2D eigenvalue weighted by molar-refractivity contribution is 6.23. The maximum Gasteiger partial charge on any atom is 0.317 e. The average Bonchev–Trinajstić information content (AvgIpc) is 3.52. The van der Waals surface area contributed by atoms with Crippen molar-refractivity contribution >= 4 is 52.7 Å². The summed E-state index contributed by atoms with van der Waals surface area (Å²) in [5, 5.41) is 8.66. The van der Waals surface area contributed by atoms with Crippen molar-refractivity contribution < 1.29 is 28.7 Å². The summed E-state index contributed by atoms with van der Waals surface area (Å²) >= 11 is 0. The van der Waals surface area contributed by atoms with Crippen molar-refractivity contribution in [3.05, 3.63) is 95.2 Å². The van der Waals surface area contributed by atoms with Crippen LogP contribution in [0.25, 0.3) is 11.3 Å². The Morgan fingerprint density at radius 3 is 2.27 bits per heavy atom. The summed E-state index contributed by atoms with van der Waals surface area (Å²) in [4.78, 5) is 82.6. The molecule has 0 bridgehead atoms. The van der Waals surface area contributed by atoms with Gasteiger partial charge in [0.25, 0.3) is 11.8 Å². The predicted molar refractivity (Wildman–Crippen MR) is 242 cm³/mol. The number of piperazine rings is 1. The lowest BCUT2D eigenvalue weighted by Gasteiger charge is -2.40. The Morgan fingerprint density at radius 1 is 0.828 bits per heavy atom. The molecule has 5 aliphatic rings. The van der Waals surface area contributed by atoms with Crippen molar-refractivity contribution in [2.24, 2.45) is 5.92 Å². The van der Waals surface area contributed by atoms with E-state index in [-0.39, 0.29) is 37.0 Å². The number of anilines is 4. The Hall–Kier alpha value is -6.39. The van der Waals surface area contributed by atoms with Gasteiger partial charge in [0.15, 0.2) is 0 Å². The molecule has 1 unspecified atom stereocenters. The molecule has 0 saturated carbocycles. The van der Waals surface area contributed by atoms with Crippen LogP contribution in [0.1, 0.15) is 71.4 Å². The Bertz CT molecular complexity index is 2420. The zero-order valence-corrected chi connectivity index (χ0v) is 36.7. The third kappa shape index (κ3) is 9.29. The van der Waals surface area contributed by atoms with Gasteiger partial charge in [-0.15, -0.1) is 0 Å². The van der Waals surface area contributed by atoms with E-state index < -0.39 is 23.8 Å². The molecular weight excluding hydrogens is 813 g/mol. The second-order valence-corrected chi connectivity index (χ2v) is 17.8. The van der Waals surface area contributed by atoms with Crippen LogP contribution in [-0.4, -0.2) is 131 Å². The minimum Gasteiger partial charge on any atom is -0.372 e. The Morgan fingerprint density at radius 2 is 1.55 bits per heavy atom. The van der Waals surface area contributed by atoms with E-state index in [1.165, 1.54) is 5.69 Å². The van der Waals surface area contributed by atoms with Crippen molar-refractivity contribution in [1.82, 2.24) is 35.3 Å². The van der Waals surface area contributed by atoms with Crippen molar-refractivity contribution in [3.8, 4) is 11.3 Å². The first kappa shape index (κ1) is 42.9. The number of nitrogens with zero attached hydrogens (tertiary/aromatic N) is 7. The SMILES string of the molecule is Cc1cc(-c2ccnc(Nc3ccc(N4CCC(CN5CCN(c6ccc7c(c6)C(=O)N(C6CCC(=O)NC6=O)C7=O)CC5)CC4)cc3)n2)ccc1CNC(=O)N1CC(OC(C)C)C1. The number of piperidine rings is 2. The summed E-state index contributed by atoms with van der Waals surface area (Å²) in [5.74, 6) is -0.814. The van der Waals surface area contributed by atoms with Gasteiger partial charge in [-0.25, -0.2) is 14.8 Å². The number of hydrogen-bond acceptors (Lipinski definition) is 12. The number of fused-ring (bicyclic) bond motifs is 1. The van der Waals surface area contributed by atoms with Crippen molar-refractivity contribution in [1.29, 1.82) is 0 Å². The zero-order valence-electron chi connectivity index (χ0n) is 36.7. The first-order chi connectivity index (χ1) is 30.9. The quantitative estimate of drug-likeness (QED) is 0.164. The normalized spacial score (nSPS) is 19.8. The molecule has 3 aromatic carbocycles. The van der Waals surface area contributed by atoms with Gasteiger partial charge in [-0.05, 0) is 112 Å². The Balaban J connectivity index is 0.711. The van der Waals surface area contributed by atoms with Crippen LogP contribution in [0, 0.1) is 12.8 Å². The number of amides is 6. The van der Waals surface area contributed by atoms with Gasteiger partial charge in [0.05, 0.1) is 42.1 Å². The number of carbonyl (C=O) groups excluding carboxylic acids is 5. The van der Waals surface area contributed by atoms with Gasteiger partial charge >= 0.3 is 6.03 Å². The maximum atomic E-state index is 13.4. The molecule has 334 valence electrons. The van der Waals surface area contributed by atoms with E-state index >= 15 is 0 Å². The molecular formula is C48H56N10O6. The van der Waals surface area contributed by atoms with Gasteiger partial charge in [-0.3, -0.25) is 34.3 Å². The molecule has 16 nitrogen and oxygen atoms in total. The van der Waals surface area contributed by atoms with Crippen molar-refractivity contribution in [2.75, 3.05) is 74.0 Å². The monoisotopic (exact) mass is 868 g/mol. The molecule has 1 aromatic heterocycles. The van der Waals surface area contributed by atoms with Crippen molar-refractivity contribution in [2.45, 2.75) is 71.2 Å². The van der Waals surface area contributed by atoms with Gasteiger partial charge in [-0.1, -0.05) is 12.1 Å². The number of aryl methyl sites for hydroxylation is 1. The largest absolute Gasteiger partial charge is 0.372 e. The second kappa shape index (κ2) is 18.4. The maximum absolute atomic E-state index is 13.4. The number of rotatable bonds is 12. The number of aromatic nitrogens is 2. The summed E-state index contributed by atoms with van der Waals surface area (Å²) in [5.41, 5.74) is 7.54. The van der Waals surface area contributed by atoms with E-state index in [1.54, 1.807) is 23.2 Å². The van der Waals surface area contributed by atoms with Crippen LogP contribution in [0.3, 0.4) is 0 Å². The third-order valence-electron chi connectivity index (χ3n) is 13.1. The van der Waals surface area contributed by atoms with Gasteiger partial charge in [0.1, 0.15) is 6.04 Å². The smallest absolute Gasteiger partial charge is 0.317 e. The van der Waals surface area contributed by atoms with E-state index in [4.69, 9.17) is 9.72 Å². The number of hydrogen-bond donors (Lipinski definition) is 3. The molecule has 5 aliphatic heterocycles. The zero-order chi connectivity index (χ0) is 44.5. The summed E-state index contributed by atoms with van der Waals surface area (Å²) in [6.07, 6.45) is 4.51. The highest BCUT2D eigenvalue weighted by atomic mass is 16.5. The van der Waals surface area contributed by atoms with Crippen LogP contribution in [0.2, 0.25) is 0 Å². The molecule has 3 N–H and O–H groups in total. The fraction of sp³-hybridized carbons (Fsp3) is 0.438. The van der Waals surface area contributed by atoms with E-state index in [1.807, 2.05) is 45.0 Å². The standard InChI is InChI=1S/C48H56N10O6/c1-30(2)64-38-28-57(29-38)48(63)50-26-34-5-4-33(24-31(34)3)41-14-17-49-47(52-41)51-35-6-8-36(9-7-35)55-18-15-32(16-19-55)27-54-20-22-56(23-21-54)37-10-11-39-40(25-37)46(62)58(45(39)61)42-12-13-43(59)53-44(42)60/h4-11,14,17,24-25,30,32,38,42H,12-13,15-16,18-23,26-29H2,1-3H3,(H,50,63)(H,49,51,52)(H,53,59,60). The summed E-state index contributed by atoms with van der Waals surface area (Å²) in [7, 11) is 0. The molecule has 4 aromatic rings. The fourth-order valence-corrected chi connectivity index (χ4v) is 9.46. The minimum atomic E-state index is -0.968. The van der Waals surface area contributed by atoms with Crippen LogP contribution >= 0.6 is 0 Å². The number of nitrogens with one attached hydrogen (secondary N) is 3. The van der Waals surface area contributed by atoms with E-state index in [0.717, 1.165) is 97.3 Å². The summed E-state index contributed by atoms with van der Waals surface area (Å²) < 4.78 is 5.77. The van der Waals surface area contributed by atoms with Crippen LogP contribution < -0.4 is 25.8 Å². The number of imide groups is 2. The van der Waals surface area contributed by atoms with Crippen LogP contribution in [0.15, 0.2) is 72.9 Å². The lowest BCUT2D eigenvalue weighted by Crippen LogP contribution is -2.58. The molecule has 0 spiro atoms. The van der Waals surface area contributed by atoms with Gasteiger partial charge in [0.2, 0.25) is 17.8 Å². The second-order valence-electron chi connectivity index (χ2n) is 17.8. The molecule has 6 heterocycles. The molecule has 1 atom stereocenters. The summed E-state index contributed by atoms with van der Waals surface area (Å²) in [6, 6.07) is 20.8. The molecule has 16 heteroatoms. The number of benzene rings is 3. The molecule has 0 radical (unpaired) electrons. The average molecular weight is 869 g/mol. The highest BCUT2D eigenvalue weighted by Crippen LogP contribution is 2.32. The Labute approximate surface area is 373 Å². The molecule has 6 amide bonds. The van der Waals surface area contributed by atoms with Gasteiger partial charge < -0.3 is 30.1 Å². The third-order valence-corrected chi connectivity index (χ3v) is 13.1. The van der Waals surface area contributed by atoms with Crippen LogP contribution in [0.5, 0.6) is 0 Å². The molecule has 64 heavy (non-hydrogen) atoms. The van der Waals surface area contributed by atoms with E-state index in [9.17, 15) is 24.0 Å². The highest BCUT2D eigenvalue weighted by Gasteiger charge is 2.45. The lowest BCUT2D eigenvalue weighted by molar-refractivity contribution is -0.136. The van der Waals surface area contributed by atoms with E-state index in [0.29, 0.717) is 42.6 Å². The molecule has 9 rings (SSSR count). The van der Waals surface area contributed by atoms with Crippen LogP contribution in [0.4, 0.5) is 27.8 Å². The number of carbonyl (C=O) groups is 5. The first-order valence-electron chi connectivity index (χ1n) is 22.5. The Kier molecular flexibility index (Phi) is 12.3. The lowest BCUT2D eigenvalue weighted by atomic mass is 9.95. The predicted octanol–water partition coefficient (Wildman–Crippen LogP) is 4.95. The minimum absolute atomic E-state index is 0.0717. The molecule has 4 saturated heterocycles. The molecule has 4 fully saturated rings. The topological polar surface area (TPSA) is 173 Å². The number of ether oxygens (including phenoxy) is 1. The summed E-state index contributed by atoms with van der Waals surface area (Å²) in [6.45, 7) is 14.3. The molecule has 0 aliphatic carbocycles. The van der Waals surface area contributed by atoms with Crippen molar-refractivity contribution in [3.63, 3.8) is 0 Å². The number of likely N-dealkylation sites (tertiary alicyclic amines) is 1. The fourth-order valence-electron chi connectivity index (χ4n) is 9.46. The number of urea groups is 1. The van der Waals surface area contributed by atoms with Crippen LogP contribution in [-0.2, 0) is 20.9 Å². The first-order valence-corrected chi connectivity index (χ1v) is 22.5.